The average molecular weight is 362 g/mol. The highest BCUT2D eigenvalue weighted by Crippen LogP contribution is 2.44. The molecule has 0 aromatic heterocycles. The molecule has 3 atom stereocenters. The van der Waals surface area contributed by atoms with Gasteiger partial charge in [-0.05, 0) is 11.1 Å². The molecule has 3 unspecified atom stereocenters. The van der Waals surface area contributed by atoms with Crippen LogP contribution in [0.4, 0.5) is 0 Å². The summed E-state index contributed by atoms with van der Waals surface area (Å²) in [7, 11) is 0. The number of benzene rings is 3. The number of aliphatic hydroxyl groups excluding tert-OH is 1. The second-order valence-corrected chi connectivity index (χ2v) is 6.86. The van der Waals surface area contributed by atoms with Gasteiger partial charge in [0, 0.05) is 18.4 Å². The predicted octanol–water partition coefficient (Wildman–Crippen LogP) is 3.38. The average Bonchev–Trinajstić information content (AvgIpc) is 2.95. The molecule has 0 amide bonds. The number of hydrogen-bond acceptors (Lipinski definition) is 4. The third-order valence-corrected chi connectivity index (χ3v) is 4.82. The molecule has 1 fully saturated rings. The highest BCUT2D eigenvalue weighted by molar-refractivity contribution is 5.27. The van der Waals surface area contributed by atoms with Crippen molar-refractivity contribution in [1.29, 1.82) is 0 Å². The molecule has 4 rings (SSSR count). The molecule has 138 valence electrons. The largest absolute Gasteiger partial charge is 0.364 e. The van der Waals surface area contributed by atoms with E-state index in [1.807, 2.05) is 91.0 Å². The van der Waals surface area contributed by atoms with Crippen molar-refractivity contribution in [3.05, 3.63) is 108 Å². The van der Waals surface area contributed by atoms with E-state index in [2.05, 4.69) is 0 Å². The van der Waals surface area contributed by atoms with Crippen molar-refractivity contribution in [1.82, 2.24) is 0 Å². The van der Waals surface area contributed by atoms with Crippen LogP contribution < -0.4 is 0 Å². The van der Waals surface area contributed by atoms with E-state index in [-0.39, 0.29) is 6.42 Å². The molecule has 1 saturated heterocycles. The van der Waals surface area contributed by atoms with Crippen LogP contribution in [0.3, 0.4) is 0 Å². The van der Waals surface area contributed by atoms with E-state index in [4.69, 9.17) is 9.47 Å². The van der Waals surface area contributed by atoms with E-state index in [0.29, 0.717) is 6.42 Å². The first-order valence-corrected chi connectivity index (χ1v) is 9.01. The van der Waals surface area contributed by atoms with Crippen LogP contribution in [-0.4, -0.2) is 22.3 Å². The van der Waals surface area contributed by atoms with E-state index in [0.717, 1.165) is 16.7 Å². The molecule has 0 radical (unpaired) electrons. The number of aliphatic hydroxyl groups is 2. The lowest BCUT2D eigenvalue weighted by Crippen LogP contribution is -2.42. The molecule has 1 aliphatic rings. The molecule has 0 saturated carbocycles. The van der Waals surface area contributed by atoms with Gasteiger partial charge >= 0.3 is 0 Å². The summed E-state index contributed by atoms with van der Waals surface area (Å²) in [5, 5.41) is 21.7. The standard InChI is InChI=1S/C23H22O4/c24-21-22(25,16-18-10-4-1-5-11-18)27-23(26-21,20-14-8-3-9-15-20)17-19-12-6-2-7-13-19/h1-15,21,24-25H,16-17H2. The van der Waals surface area contributed by atoms with Crippen molar-refractivity contribution in [3.8, 4) is 0 Å². The second-order valence-electron chi connectivity index (χ2n) is 6.86. The SMILES string of the molecule is OC1OC(Cc2ccccc2)(c2ccccc2)OC1(O)Cc1ccccc1. The number of rotatable bonds is 5. The molecule has 2 N–H and O–H groups in total. The highest BCUT2D eigenvalue weighted by Gasteiger charge is 2.57. The van der Waals surface area contributed by atoms with Crippen LogP contribution in [0.1, 0.15) is 16.7 Å². The van der Waals surface area contributed by atoms with Gasteiger partial charge in [0.25, 0.3) is 0 Å². The van der Waals surface area contributed by atoms with Crippen LogP contribution >= 0.6 is 0 Å². The topological polar surface area (TPSA) is 58.9 Å². The van der Waals surface area contributed by atoms with Crippen molar-refractivity contribution >= 4 is 0 Å². The molecule has 0 aliphatic carbocycles. The zero-order valence-electron chi connectivity index (χ0n) is 14.9. The second kappa shape index (κ2) is 7.25. The Morgan fingerprint density at radius 1 is 0.704 bits per heavy atom. The maximum Gasteiger partial charge on any atom is 0.225 e. The number of ether oxygens (including phenoxy) is 2. The minimum atomic E-state index is -1.84. The van der Waals surface area contributed by atoms with Gasteiger partial charge in [-0.3, -0.25) is 0 Å². The van der Waals surface area contributed by atoms with Gasteiger partial charge < -0.3 is 19.7 Å². The molecule has 4 heteroatoms. The van der Waals surface area contributed by atoms with Gasteiger partial charge in [-0.2, -0.15) is 0 Å². The first-order valence-electron chi connectivity index (χ1n) is 9.01. The molecule has 1 heterocycles. The summed E-state index contributed by atoms with van der Waals surface area (Å²) in [5.74, 6) is -3.11. The summed E-state index contributed by atoms with van der Waals surface area (Å²) in [6.45, 7) is 0. The minimum absolute atomic E-state index is 0.123. The summed E-state index contributed by atoms with van der Waals surface area (Å²) >= 11 is 0. The first-order chi connectivity index (χ1) is 13.1. The lowest BCUT2D eigenvalue weighted by atomic mass is 9.97. The van der Waals surface area contributed by atoms with Crippen molar-refractivity contribution in [2.24, 2.45) is 0 Å². The van der Waals surface area contributed by atoms with Gasteiger partial charge in [0.2, 0.25) is 17.9 Å². The normalized spacial score (nSPS) is 27.6. The van der Waals surface area contributed by atoms with Crippen molar-refractivity contribution in [3.63, 3.8) is 0 Å². The van der Waals surface area contributed by atoms with E-state index >= 15 is 0 Å². The molecule has 1 aliphatic heterocycles. The maximum atomic E-state index is 11.1. The third kappa shape index (κ3) is 3.66. The molecule has 0 bridgehead atoms. The van der Waals surface area contributed by atoms with Crippen LogP contribution in [0.25, 0.3) is 0 Å². The quantitative estimate of drug-likeness (QED) is 0.731. The summed E-state index contributed by atoms with van der Waals surface area (Å²) in [6, 6.07) is 28.6. The molecule has 0 spiro atoms. The fourth-order valence-electron chi connectivity index (χ4n) is 3.51. The fraction of sp³-hybridized carbons (Fsp3) is 0.217. The van der Waals surface area contributed by atoms with Crippen LogP contribution in [0, 0.1) is 0 Å². The van der Waals surface area contributed by atoms with Gasteiger partial charge in [0.1, 0.15) is 0 Å². The minimum Gasteiger partial charge on any atom is -0.364 e. The van der Waals surface area contributed by atoms with Gasteiger partial charge in [0.05, 0.1) is 0 Å². The van der Waals surface area contributed by atoms with E-state index in [1.54, 1.807) is 0 Å². The van der Waals surface area contributed by atoms with Gasteiger partial charge in [-0.15, -0.1) is 0 Å². The summed E-state index contributed by atoms with van der Waals surface area (Å²) in [5.41, 5.74) is 2.58. The third-order valence-electron chi connectivity index (χ3n) is 4.82. The monoisotopic (exact) mass is 362 g/mol. The van der Waals surface area contributed by atoms with Crippen molar-refractivity contribution in [2.75, 3.05) is 0 Å². The Balaban J connectivity index is 1.69. The first kappa shape index (κ1) is 17.9. The summed E-state index contributed by atoms with van der Waals surface area (Å²) in [6.07, 6.45) is -0.980. The Morgan fingerprint density at radius 3 is 1.74 bits per heavy atom. The molecule has 3 aromatic carbocycles. The van der Waals surface area contributed by atoms with Gasteiger partial charge in [-0.1, -0.05) is 91.0 Å². The van der Waals surface area contributed by atoms with Crippen LogP contribution in [-0.2, 0) is 28.1 Å². The molecule has 3 aromatic rings. The van der Waals surface area contributed by atoms with Crippen molar-refractivity contribution in [2.45, 2.75) is 30.7 Å². The van der Waals surface area contributed by atoms with Gasteiger partial charge in [0.15, 0.2) is 0 Å². The van der Waals surface area contributed by atoms with Crippen LogP contribution in [0.2, 0.25) is 0 Å². The smallest absolute Gasteiger partial charge is 0.225 e. The highest BCUT2D eigenvalue weighted by atomic mass is 16.9. The van der Waals surface area contributed by atoms with Gasteiger partial charge in [-0.25, -0.2) is 0 Å². The Labute approximate surface area is 158 Å². The lowest BCUT2D eigenvalue weighted by molar-refractivity contribution is -0.255. The molecule has 27 heavy (non-hydrogen) atoms. The number of hydrogen-bond donors (Lipinski definition) is 2. The van der Waals surface area contributed by atoms with Crippen LogP contribution in [0.15, 0.2) is 91.0 Å². The van der Waals surface area contributed by atoms with E-state index < -0.39 is 17.9 Å². The lowest BCUT2D eigenvalue weighted by Gasteiger charge is -2.30. The molecular formula is C23H22O4. The zero-order valence-corrected chi connectivity index (χ0v) is 14.9. The molecular weight excluding hydrogens is 340 g/mol. The maximum absolute atomic E-state index is 11.1. The Morgan fingerprint density at radius 2 is 1.19 bits per heavy atom. The fourth-order valence-corrected chi connectivity index (χ4v) is 3.51. The molecule has 4 nitrogen and oxygen atoms in total. The van der Waals surface area contributed by atoms with E-state index in [9.17, 15) is 10.2 Å². The zero-order chi connectivity index (χ0) is 18.7. The van der Waals surface area contributed by atoms with E-state index in [1.165, 1.54) is 0 Å². The summed E-state index contributed by atoms with van der Waals surface area (Å²) in [4.78, 5) is 0. The Bertz CT molecular complexity index is 869. The predicted molar refractivity (Wildman–Crippen MR) is 102 cm³/mol. The Hall–Kier alpha value is -2.50. The van der Waals surface area contributed by atoms with Crippen LogP contribution in [0.5, 0.6) is 0 Å². The van der Waals surface area contributed by atoms with Crippen molar-refractivity contribution < 1.29 is 19.7 Å². The Kier molecular flexibility index (Phi) is 4.81. The summed E-state index contributed by atoms with van der Waals surface area (Å²) < 4.78 is 12.0.